The van der Waals surface area contributed by atoms with Crippen molar-refractivity contribution in [2.24, 2.45) is 5.92 Å². The molecule has 0 heteroatoms. The topological polar surface area (TPSA) is 0 Å². The van der Waals surface area contributed by atoms with Crippen molar-refractivity contribution in [1.29, 1.82) is 0 Å². The molecule has 1 unspecified atom stereocenters. The number of hydrogen-bond donors (Lipinski definition) is 0. The molecule has 1 aliphatic rings. The standard InChI is InChI=1S/C14H18/c1-10(2)13-6-4-5-12-9-11(3)7-8-14(12)13/h4-8,10-11H,9H2,1-3H3. The SMILES string of the molecule is CC1C=Cc2c(cccc2C(C)C)C1. The molecule has 0 spiro atoms. The molecule has 0 bridgehead atoms. The van der Waals surface area contributed by atoms with Gasteiger partial charge in [-0.3, -0.25) is 0 Å². The van der Waals surface area contributed by atoms with Crippen molar-refractivity contribution < 1.29 is 0 Å². The molecule has 1 atom stereocenters. The molecule has 1 aromatic carbocycles. The molecule has 0 saturated carbocycles. The summed E-state index contributed by atoms with van der Waals surface area (Å²) in [6.45, 7) is 6.81. The summed E-state index contributed by atoms with van der Waals surface area (Å²) in [6, 6.07) is 6.71. The lowest BCUT2D eigenvalue weighted by Gasteiger charge is -2.20. The van der Waals surface area contributed by atoms with Gasteiger partial charge in [0, 0.05) is 0 Å². The average molecular weight is 186 g/mol. The average Bonchev–Trinajstić information content (AvgIpc) is 2.16. The molecule has 0 fully saturated rings. The van der Waals surface area contributed by atoms with Crippen LogP contribution >= 0.6 is 0 Å². The van der Waals surface area contributed by atoms with Gasteiger partial charge in [-0.25, -0.2) is 0 Å². The van der Waals surface area contributed by atoms with Crippen LogP contribution in [0.2, 0.25) is 0 Å². The molecule has 0 N–H and O–H groups in total. The van der Waals surface area contributed by atoms with Crippen LogP contribution in [0.15, 0.2) is 24.3 Å². The largest absolute Gasteiger partial charge is 0.0807 e. The minimum atomic E-state index is 0.628. The third-order valence-corrected chi connectivity index (χ3v) is 2.99. The maximum Gasteiger partial charge on any atom is -0.0193 e. The van der Waals surface area contributed by atoms with Crippen LogP contribution < -0.4 is 0 Å². The summed E-state index contributed by atoms with van der Waals surface area (Å²) in [5.74, 6) is 1.33. The van der Waals surface area contributed by atoms with Gasteiger partial charge in [-0.15, -0.1) is 0 Å². The summed E-state index contributed by atoms with van der Waals surface area (Å²) in [7, 11) is 0. The molecular weight excluding hydrogens is 168 g/mol. The minimum Gasteiger partial charge on any atom is -0.0807 e. The van der Waals surface area contributed by atoms with E-state index < -0.39 is 0 Å². The highest BCUT2D eigenvalue weighted by Gasteiger charge is 2.13. The van der Waals surface area contributed by atoms with Gasteiger partial charge >= 0.3 is 0 Å². The maximum atomic E-state index is 2.33. The van der Waals surface area contributed by atoms with Crippen LogP contribution in [0.25, 0.3) is 6.08 Å². The zero-order chi connectivity index (χ0) is 10.1. The second-order valence-electron chi connectivity index (χ2n) is 4.62. The normalized spacial score (nSPS) is 19.9. The highest BCUT2D eigenvalue weighted by atomic mass is 14.2. The third kappa shape index (κ3) is 1.61. The maximum absolute atomic E-state index is 2.33. The van der Waals surface area contributed by atoms with Crippen molar-refractivity contribution in [3.8, 4) is 0 Å². The first-order valence-corrected chi connectivity index (χ1v) is 5.48. The first kappa shape index (κ1) is 9.51. The number of rotatable bonds is 1. The van der Waals surface area contributed by atoms with Gasteiger partial charge in [-0.05, 0) is 34.9 Å². The Hall–Kier alpha value is -1.04. The number of allylic oxidation sites excluding steroid dienone is 1. The van der Waals surface area contributed by atoms with Crippen molar-refractivity contribution in [3.63, 3.8) is 0 Å². The quantitative estimate of drug-likeness (QED) is 0.621. The van der Waals surface area contributed by atoms with Crippen molar-refractivity contribution >= 4 is 6.08 Å². The zero-order valence-electron chi connectivity index (χ0n) is 9.25. The minimum absolute atomic E-state index is 0.628. The number of hydrogen-bond acceptors (Lipinski definition) is 0. The molecular formula is C14H18. The Morgan fingerprint density at radius 3 is 2.79 bits per heavy atom. The van der Waals surface area contributed by atoms with E-state index in [-0.39, 0.29) is 0 Å². The van der Waals surface area contributed by atoms with Gasteiger partial charge in [0.15, 0.2) is 0 Å². The fourth-order valence-electron chi connectivity index (χ4n) is 2.19. The van der Waals surface area contributed by atoms with Gasteiger partial charge in [0.25, 0.3) is 0 Å². The summed E-state index contributed by atoms with van der Waals surface area (Å²) in [6.07, 6.45) is 5.83. The lowest BCUT2D eigenvalue weighted by atomic mass is 9.85. The van der Waals surface area contributed by atoms with Gasteiger partial charge in [0.05, 0.1) is 0 Å². The predicted octanol–water partition coefficient (Wildman–Crippen LogP) is 4.02. The molecule has 0 saturated heterocycles. The Morgan fingerprint density at radius 1 is 1.29 bits per heavy atom. The van der Waals surface area contributed by atoms with Gasteiger partial charge in [-0.1, -0.05) is 51.1 Å². The van der Waals surface area contributed by atoms with Crippen LogP contribution in [0.5, 0.6) is 0 Å². The second kappa shape index (κ2) is 3.61. The molecule has 1 aromatic rings. The molecule has 0 radical (unpaired) electrons. The first-order chi connectivity index (χ1) is 6.68. The Balaban J connectivity index is 2.50. The Labute approximate surface area is 86.7 Å². The predicted molar refractivity (Wildman–Crippen MR) is 62.4 cm³/mol. The van der Waals surface area contributed by atoms with Crippen LogP contribution in [0.3, 0.4) is 0 Å². The van der Waals surface area contributed by atoms with Gasteiger partial charge < -0.3 is 0 Å². The molecule has 0 aromatic heterocycles. The van der Waals surface area contributed by atoms with E-state index >= 15 is 0 Å². The molecule has 74 valence electrons. The van der Waals surface area contributed by atoms with Crippen LogP contribution in [0.4, 0.5) is 0 Å². The number of fused-ring (bicyclic) bond motifs is 1. The van der Waals surface area contributed by atoms with Crippen molar-refractivity contribution in [3.05, 3.63) is 41.0 Å². The van der Waals surface area contributed by atoms with E-state index in [1.54, 1.807) is 0 Å². The molecule has 2 rings (SSSR count). The molecule has 14 heavy (non-hydrogen) atoms. The number of benzene rings is 1. The van der Waals surface area contributed by atoms with E-state index in [4.69, 9.17) is 0 Å². The Bertz CT molecular complexity index is 358. The fourth-order valence-corrected chi connectivity index (χ4v) is 2.19. The first-order valence-electron chi connectivity index (χ1n) is 5.48. The van der Waals surface area contributed by atoms with E-state index in [9.17, 15) is 0 Å². The molecule has 0 nitrogen and oxygen atoms in total. The highest BCUT2D eigenvalue weighted by molar-refractivity contribution is 5.61. The van der Waals surface area contributed by atoms with Gasteiger partial charge in [0.2, 0.25) is 0 Å². The Kier molecular flexibility index (Phi) is 2.45. The summed E-state index contributed by atoms with van der Waals surface area (Å²) in [5, 5.41) is 0. The smallest absolute Gasteiger partial charge is 0.0193 e. The van der Waals surface area contributed by atoms with Crippen LogP contribution in [0, 0.1) is 5.92 Å². The summed E-state index contributed by atoms with van der Waals surface area (Å²) in [4.78, 5) is 0. The van der Waals surface area contributed by atoms with E-state index in [0.717, 1.165) is 0 Å². The van der Waals surface area contributed by atoms with E-state index in [1.165, 1.54) is 23.1 Å². The highest BCUT2D eigenvalue weighted by Crippen LogP contribution is 2.29. The van der Waals surface area contributed by atoms with Crippen molar-refractivity contribution in [2.45, 2.75) is 33.1 Å². The Morgan fingerprint density at radius 2 is 2.07 bits per heavy atom. The van der Waals surface area contributed by atoms with E-state index in [2.05, 4.69) is 51.1 Å². The lowest BCUT2D eigenvalue weighted by Crippen LogP contribution is -2.06. The zero-order valence-corrected chi connectivity index (χ0v) is 9.25. The molecule has 1 aliphatic carbocycles. The molecule has 0 heterocycles. The van der Waals surface area contributed by atoms with Gasteiger partial charge in [-0.2, -0.15) is 0 Å². The van der Waals surface area contributed by atoms with Crippen LogP contribution in [0.1, 0.15) is 43.4 Å². The van der Waals surface area contributed by atoms with Crippen LogP contribution in [-0.2, 0) is 6.42 Å². The summed E-state index contributed by atoms with van der Waals surface area (Å²) in [5.41, 5.74) is 4.48. The third-order valence-electron chi connectivity index (χ3n) is 2.99. The fraction of sp³-hybridized carbons (Fsp3) is 0.429. The van der Waals surface area contributed by atoms with Crippen LogP contribution in [-0.4, -0.2) is 0 Å². The summed E-state index contributed by atoms with van der Waals surface area (Å²) < 4.78 is 0. The summed E-state index contributed by atoms with van der Waals surface area (Å²) >= 11 is 0. The molecule has 0 aliphatic heterocycles. The van der Waals surface area contributed by atoms with Crippen molar-refractivity contribution in [2.75, 3.05) is 0 Å². The lowest BCUT2D eigenvalue weighted by molar-refractivity contribution is 0.712. The van der Waals surface area contributed by atoms with E-state index in [0.29, 0.717) is 11.8 Å². The van der Waals surface area contributed by atoms with Crippen molar-refractivity contribution in [1.82, 2.24) is 0 Å². The second-order valence-corrected chi connectivity index (χ2v) is 4.62. The molecule has 0 amide bonds. The van der Waals surface area contributed by atoms with Gasteiger partial charge in [0.1, 0.15) is 0 Å². The monoisotopic (exact) mass is 186 g/mol. The van der Waals surface area contributed by atoms with E-state index in [1.807, 2.05) is 0 Å².